The fraction of sp³-hybridized carbons (Fsp3) is 0.0357. The number of fused-ring (bicyclic) bond motifs is 1. The van der Waals surface area contributed by atoms with Gasteiger partial charge in [-0.25, -0.2) is 0 Å². The summed E-state index contributed by atoms with van der Waals surface area (Å²) in [7, 11) is 0. The van der Waals surface area contributed by atoms with Gasteiger partial charge >= 0.3 is 0 Å². The molecule has 0 atom stereocenters. The molecule has 0 aliphatic rings. The van der Waals surface area contributed by atoms with Gasteiger partial charge < -0.3 is 14.8 Å². The van der Waals surface area contributed by atoms with Crippen LogP contribution in [0, 0.1) is 0 Å². The lowest BCUT2D eigenvalue weighted by Crippen LogP contribution is -1.99. The van der Waals surface area contributed by atoms with Gasteiger partial charge in [0.05, 0.1) is 5.52 Å². The van der Waals surface area contributed by atoms with Crippen LogP contribution in [0.15, 0.2) is 113 Å². The molecule has 0 radical (unpaired) electrons. The van der Waals surface area contributed by atoms with Gasteiger partial charge in [0.25, 0.3) is 5.91 Å². The van der Waals surface area contributed by atoms with Crippen LogP contribution in [0.5, 0.6) is 11.6 Å². The summed E-state index contributed by atoms with van der Waals surface area (Å²) in [6.07, 6.45) is 0. The number of aromatic nitrogens is 1. The number of aromatic hydroxyl groups is 1. The van der Waals surface area contributed by atoms with Crippen molar-refractivity contribution in [1.29, 1.82) is 0 Å². The molecule has 5 aromatic rings. The molecule has 0 unspecified atom stereocenters. The minimum Gasteiger partial charge on any atom is -0.493 e. The average molecular weight is 447 g/mol. The molecule has 0 bridgehead atoms. The second kappa shape index (κ2) is 9.42. The number of carbonyl (C=O) groups excluding carboxylic acids is 1. The summed E-state index contributed by atoms with van der Waals surface area (Å²) in [4.78, 5) is 15.3. The first-order valence-electron chi connectivity index (χ1n) is 10.8. The van der Waals surface area contributed by atoms with Crippen LogP contribution in [0.25, 0.3) is 22.0 Å². The Bertz CT molecular complexity index is 1470. The first-order chi connectivity index (χ1) is 16.7. The van der Waals surface area contributed by atoms with Gasteiger partial charge in [0, 0.05) is 16.5 Å². The zero-order chi connectivity index (χ0) is 23.3. The summed E-state index contributed by atoms with van der Waals surface area (Å²) in [5.74, 6) is 0.175. The van der Waals surface area contributed by atoms with Crippen molar-refractivity contribution in [3.8, 4) is 22.8 Å². The SMILES string of the molecule is O=C(N=Nc1c(O)[nH]c2ccccc12)c1ccc(COc2ccccc2-c2ccccc2)cc1. The van der Waals surface area contributed by atoms with Crippen molar-refractivity contribution >= 4 is 22.5 Å². The maximum atomic E-state index is 12.5. The molecule has 6 nitrogen and oxygen atoms in total. The number of carbonyl (C=O) groups is 1. The van der Waals surface area contributed by atoms with Gasteiger partial charge in [0.2, 0.25) is 5.88 Å². The van der Waals surface area contributed by atoms with Crippen molar-refractivity contribution in [3.05, 3.63) is 114 Å². The summed E-state index contributed by atoms with van der Waals surface area (Å²) >= 11 is 0. The fourth-order valence-electron chi connectivity index (χ4n) is 3.72. The van der Waals surface area contributed by atoms with Crippen LogP contribution in [-0.2, 0) is 6.61 Å². The first-order valence-corrected chi connectivity index (χ1v) is 10.8. The van der Waals surface area contributed by atoms with Crippen molar-refractivity contribution in [3.63, 3.8) is 0 Å². The number of H-pyrrole nitrogens is 1. The number of hydrogen-bond donors (Lipinski definition) is 2. The third-order valence-electron chi connectivity index (χ3n) is 5.47. The van der Waals surface area contributed by atoms with E-state index >= 15 is 0 Å². The highest BCUT2D eigenvalue weighted by atomic mass is 16.5. The highest BCUT2D eigenvalue weighted by molar-refractivity contribution is 5.97. The lowest BCUT2D eigenvalue weighted by molar-refractivity contribution is 0.0995. The predicted octanol–water partition coefficient (Wildman–Crippen LogP) is 7.04. The van der Waals surface area contributed by atoms with Gasteiger partial charge in [0.15, 0.2) is 5.69 Å². The Kier molecular flexibility index (Phi) is 5.86. The number of rotatable bonds is 6. The van der Waals surface area contributed by atoms with E-state index in [-0.39, 0.29) is 11.6 Å². The topological polar surface area (TPSA) is 87.0 Å². The summed E-state index contributed by atoms with van der Waals surface area (Å²) in [5, 5.41) is 18.5. The van der Waals surface area contributed by atoms with E-state index in [0.29, 0.717) is 17.6 Å². The second-order valence-corrected chi connectivity index (χ2v) is 7.72. The molecule has 4 aromatic carbocycles. The van der Waals surface area contributed by atoms with Crippen molar-refractivity contribution in [1.82, 2.24) is 4.98 Å². The Labute approximate surface area is 196 Å². The van der Waals surface area contributed by atoms with Gasteiger partial charge in [0.1, 0.15) is 12.4 Å². The monoisotopic (exact) mass is 447 g/mol. The van der Waals surface area contributed by atoms with Crippen molar-refractivity contribution in [2.24, 2.45) is 10.2 Å². The van der Waals surface area contributed by atoms with E-state index in [9.17, 15) is 9.90 Å². The lowest BCUT2D eigenvalue weighted by Gasteiger charge is -2.12. The van der Waals surface area contributed by atoms with Crippen molar-refractivity contribution < 1.29 is 14.6 Å². The van der Waals surface area contributed by atoms with Gasteiger partial charge in [-0.3, -0.25) is 4.79 Å². The van der Waals surface area contributed by atoms with Crippen LogP contribution in [0.2, 0.25) is 0 Å². The first kappa shape index (κ1) is 21.2. The highest BCUT2D eigenvalue weighted by Crippen LogP contribution is 2.35. The number of aromatic amines is 1. The van der Waals surface area contributed by atoms with Crippen molar-refractivity contribution in [2.75, 3.05) is 0 Å². The molecule has 0 fully saturated rings. The van der Waals surface area contributed by atoms with E-state index in [1.807, 2.05) is 84.9 Å². The maximum absolute atomic E-state index is 12.5. The van der Waals surface area contributed by atoms with Crippen LogP contribution in [0.1, 0.15) is 15.9 Å². The Morgan fingerprint density at radius 2 is 1.53 bits per heavy atom. The van der Waals surface area contributed by atoms with Gasteiger partial charge in [-0.05, 0) is 35.4 Å². The summed E-state index contributed by atoms with van der Waals surface area (Å²) in [6.45, 7) is 0.364. The summed E-state index contributed by atoms with van der Waals surface area (Å²) in [6, 6.07) is 32.3. The van der Waals surface area contributed by atoms with E-state index in [1.54, 1.807) is 18.2 Å². The summed E-state index contributed by atoms with van der Waals surface area (Å²) in [5.41, 5.74) is 4.40. The van der Waals surface area contributed by atoms with E-state index in [0.717, 1.165) is 28.0 Å². The minimum atomic E-state index is -0.494. The van der Waals surface area contributed by atoms with E-state index < -0.39 is 5.91 Å². The zero-order valence-corrected chi connectivity index (χ0v) is 18.2. The third-order valence-corrected chi connectivity index (χ3v) is 5.47. The maximum Gasteiger partial charge on any atom is 0.295 e. The predicted molar refractivity (Wildman–Crippen MR) is 131 cm³/mol. The molecule has 0 spiro atoms. The fourth-order valence-corrected chi connectivity index (χ4v) is 3.72. The van der Waals surface area contributed by atoms with Crippen LogP contribution in [-0.4, -0.2) is 16.0 Å². The smallest absolute Gasteiger partial charge is 0.295 e. The standard InChI is InChI=1S/C28H21N3O3/c32-27(31-30-26-23-11-4-6-12-24(23)29-28(26)33)21-16-14-19(15-17-21)18-34-25-13-7-5-10-22(25)20-8-2-1-3-9-20/h1-17,29,33H,18H2. The molecular formula is C28H21N3O3. The Morgan fingerprint density at radius 3 is 2.35 bits per heavy atom. The quantitative estimate of drug-likeness (QED) is 0.274. The van der Waals surface area contributed by atoms with Gasteiger partial charge in [-0.2, -0.15) is 0 Å². The molecule has 0 saturated carbocycles. The second-order valence-electron chi connectivity index (χ2n) is 7.72. The lowest BCUT2D eigenvalue weighted by atomic mass is 10.0. The number of nitrogens with one attached hydrogen (secondary N) is 1. The third kappa shape index (κ3) is 4.42. The molecule has 0 aliphatic carbocycles. The molecule has 166 valence electrons. The number of para-hydroxylation sites is 2. The normalized spacial score (nSPS) is 11.2. The highest BCUT2D eigenvalue weighted by Gasteiger charge is 2.11. The molecule has 1 aromatic heterocycles. The molecule has 6 heteroatoms. The minimum absolute atomic E-state index is 0.124. The number of amides is 1. The van der Waals surface area contributed by atoms with Crippen molar-refractivity contribution in [2.45, 2.75) is 6.61 Å². The Morgan fingerprint density at radius 1 is 0.824 bits per heavy atom. The molecule has 0 aliphatic heterocycles. The number of ether oxygens (including phenoxy) is 1. The molecule has 1 amide bonds. The van der Waals surface area contributed by atoms with E-state index in [4.69, 9.17) is 4.74 Å². The molecule has 2 N–H and O–H groups in total. The van der Waals surface area contributed by atoms with Gasteiger partial charge in [-0.1, -0.05) is 78.9 Å². The number of benzene rings is 4. The number of nitrogens with zero attached hydrogens (tertiary/aromatic N) is 2. The van der Waals surface area contributed by atoms with E-state index in [2.05, 4.69) is 15.2 Å². The van der Waals surface area contributed by atoms with E-state index in [1.165, 1.54) is 0 Å². The molecule has 1 heterocycles. The molecule has 34 heavy (non-hydrogen) atoms. The number of azo groups is 1. The Balaban J connectivity index is 1.27. The van der Waals surface area contributed by atoms with Crippen LogP contribution in [0.3, 0.4) is 0 Å². The van der Waals surface area contributed by atoms with Crippen LogP contribution >= 0.6 is 0 Å². The van der Waals surface area contributed by atoms with Crippen LogP contribution < -0.4 is 4.74 Å². The largest absolute Gasteiger partial charge is 0.493 e. The molecule has 0 saturated heterocycles. The van der Waals surface area contributed by atoms with Crippen LogP contribution in [0.4, 0.5) is 5.69 Å². The van der Waals surface area contributed by atoms with Gasteiger partial charge in [-0.15, -0.1) is 10.2 Å². The molecular weight excluding hydrogens is 426 g/mol. The zero-order valence-electron chi connectivity index (χ0n) is 18.2. The number of hydrogen-bond acceptors (Lipinski definition) is 4. The average Bonchev–Trinajstić information content (AvgIpc) is 3.21. The molecule has 5 rings (SSSR count). The summed E-state index contributed by atoms with van der Waals surface area (Å²) < 4.78 is 6.07. The Hall–Kier alpha value is -4.71.